The van der Waals surface area contributed by atoms with Crippen molar-refractivity contribution in [2.45, 2.75) is 40.7 Å². The quantitative estimate of drug-likeness (QED) is 0.825. The first-order valence-corrected chi connectivity index (χ1v) is 5.75. The monoisotopic (exact) mass is 235 g/mol. The van der Waals surface area contributed by atoms with E-state index in [1.54, 1.807) is 12.1 Å². The molecule has 17 heavy (non-hydrogen) atoms. The standard InChI is InChI=1S/C13H21N3O/c1-8-6-10(7-11(14)15-8)12(17)16-9(2)13(3,4)5/h6-7,9H,1-5H3,(H2,14,15)(H,16,17). The number of hydrogen-bond acceptors (Lipinski definition) is 3. The zero-order valence-corrected chi connectivity index (χ0v) is 11.2. The molecule has 1 aromatic rings. The van der Waals surface area contributed by atoms with Crippen molar-refractivity contribution in [3.05, 3.63) is 23.4 Å². The molecule has 0 fully saturated rings. The summed E-state index contributed by atoms with van der Waals surface area (Å²) in [6.45, 7) is 10.1. The van der Waals surface area contributed by atoms with E-state index in [-0.39, 0.29) is 17.4 Å². The minimum Gasteiger partial charge on any atom is -0.384 e. The van der Waals surface area contributed by atoms with Gasteiger partial charge in [0.25, 0.3) is 5.91 Å². The van der Waals surface area contributed by atoms with Crippen molar-refractivity contribution in [1.82, 2.24) is 10.3 Å². The highest BCUT2D eigenvalue weighted by Gasteiger charge is 2.22. The number of nitrogens with two attached hydrogens (primary N) is 1. The first-order chi connectivity index (χ1) is 7.70. The van der Waals surface area contributed by atoms with E-state index in [2.05, 4.69) is 31.1 Å². The van der Waals surface area contributed by atoms with E-state index in [0.29, 0.717) is 11.4 Å². The SMILES string of the molecule is Cc1cc(C(=O)NC(C)C(C)(C)C)cc(N)n1. The van der Waals surface area contributed by atoms with Crippen molar-refractivity contribution in [2.75, 3.05) is 5.73 Å². The van der Waals surface area contributed by atoms with Crippen LogP contribution in [0.5, 0.6) is 0 Å². The molecular formula is C13H21N3O. The molecule has 94 valence electrons. The van der Waals surface area contributed by atoms with Gasteiger partial charge in [-0.1, -0.05) is 20.8 Å². The molecule has 1 rings (SSSR count). The Morgan fingerprint density at radius 2 is 2.00 bits per heavy atom. The molecule has 1 aromatic heterocycles. The molecule has 1 unspecified atom stereocenters. The number of carbonyl (C=O) groups excluding carboxylic acids is 1. The molecule has 0 bridgehead atoms. The van der Waals surface area contributed by atoms with Gasteiger partial charge >= 0.3 is 0 Å². The summed E-state index contributed by atoms with van der Waals surface area (Å²) in [5, 5.41) is 2.97. The number of amides is 1. The number of aryl methyl sites for hydroxylation is 1. The van der Waals surface area contributed by atoms with E-state index in [4.69, 9.17) is 5.73 Å². The third-order valence-corrected chi connectivity index (χ3v) is 2.88. The molecule has 1 atom stereocenters. The number of nitrogen functional groups attached to an aromatic ring is 1. The van der Waals surface area contributed by atoms with Gasteiger partial charge in [0, 0.05) is 17.3 Å². The van der Waals surface area contributed by atoms with Crippen LogP contribution in [0.25, 0.3) is 0 Å². The number of anilines is 1. The minimum absolute atomic E-state index is 0.0310. The molecule has 0 spiro atoms. The van der Waals surface area contributed by atoms with E-state index < -0.39 is 0 Å². The summed E-state index contributed by atoms with van der Waals surface area (Å²) < 4.78 is 0. The molecule has 0 aromatic carbocycles. The van der Waals surface area contributed by atoms with Crippen LogP contribution in [0.1, 0.15) is 43.7 Å². The van der Waals surface area contributed by atoms with Crippen LogP contribution in [-0.2, 0) is 0 Å². The first-order valence-electron chi connectivity index (χ1n) is 5.75. The maximum absolute atomic E-state index is 12.0. The Bertz CT molecular complexity index is 401. The number of pyridine rings is 1. The average molecular weight is 235 g/mol. The highest BCUT2D eigenvalue weighted by atomic mass is 16.1. The van der Waals surface area contributed by atoms with Crippen LogP contribution in [0.4, 0.5) is 5.82 Å². The smallest absolute Gasteiger partial charge is 0.251 e. The summed E-state index contributed by atoms with van der Waals surface area (Å²) in [6, 6.07) is 3.42. The predicted molar refractivity (Wildman–Crippen MR) is 69.8 cm³/mol. The second kappa shape index (κ2) is 4.73. The Morgan fingerprint density at radius 3 is 2.47 bits per heavy atom. The first kappa shape index (κ1) is 13.5. The molecule has 0 aliphatic carbocycles. The van der Waals surface area contributed by atoms with Gasteiger partial charge in [-0.15, -0.1) is 0 Å². The van der Waals surface area contributed by atoms with Crippen LogP contribution in [-0.4, -0.2) is 16.9 Å². The fraction of sp³-hybridized carbons (Fsp3) is 0.538. The summed E-state index contributed by atoms with van der Waals surface area (Å²) in [6.07, 6.45) is 0. The van der Waals surface area contributed by atoms with Crippen molar-refractivity contribution < 1.29 is 4.79 Å². The number of aromatic nitrogens is 1. The summed E-state index contributed by atoms with van der Waals surface area (Å²) in [5.74, 6) is 0.267. The Labute approximate surface area is 103 Å². The van der Waals surface area contributed by atoms with Crippen LogP contribution in [0.2, 0.25) is 0 Å². The highest BCUT2D eigenvalue weighted by molar-refractivity contribution is 5.95. The fourth-order valence-corrected chi connectivity index (χ4v) is 1.32. The van der Waals surface area contributed by atoms with Gasteiger partial charge in [0.05, 0.1) is 0 Å². The van der Waals surface area contributed by atoms with Gasteiger partial charge in [0.1, 0.15) is 5.82 Å². The largest absolute Gasteiger partial charge is 0.384 e. The predicted octanol–water partition coefficient (Wildman–Crippen LogP) is 2.14. The lowest BCUT2D eigenvalue weighted by Gasteiger charge is -2.28. The molecule has 0 saturated heterocycles. The van der Waals surface area contributed by atoms with E-state index in [0.717, 1.165) is 5.69 Å². The van der Waals surface area contributed by atoms with Crippen molar-refractivity contribution >= 4 is 11.7 Å². The molecule has 0 radical (unpaired) electrons. The van der Waals surface area contributed by atoms with Crippen LogP contribution < -0.4 is 11.1 Å². The van der Waals surface area contributed by atoms with Gasteiger partial charge in [-0.3, -0.25) is 4.79 Å². The van der Waals surface area contributed by atoms with Gasteiger partial charge in [0.2, 0.25) is 0 Å². The van der Waals surface area contributed by atoms with Crippen molar-refractivity contribution in [1.29, 1.82) is 0 Å². The number of nitrogens with one attached hydrogen (secondary N) is 1. The summed E-state index contributed by atoms with van der Waals surface area (Å²) in [7, 11) is 0. The lowest BCUT2D eigenvalue weighted by Crippen LogP contribution is -2.41. The number of rotatable bonds is 2. The molecule has 0 aliphatic heterocycles. The van der Waals surface area contributed by atoms with Gasteiger partial charge in [-0.05, 0) is 31.4 Å². The third-order valence-electron chi connectivity index (χ3n) is 2.88. The summed E-state index contributed by atoms with van der Waals surface area (Å²) >= 11 is 0. The van der Waals surface area contributed by atoms with Crippen LogP contribution >= 0.6 is 0 Å². The normalized spacial score (nSPS) is 13.2. The molecule has 0 saturated carbocycles. The van der Waals surface area contributed by atoms with Crippen molar-refractivity contribution in [2.24, 2.45) is 5.41 Å². The zero-order chi connectivity index (χ0) is 13.2. The van der Waals surface area contributed by atoms with E-state index in [1.807, 2.05) is 13.8 Å². The number of nitrogens with zero attached hydrogens (tertiary/aromatic N) is 1. The maximum Gasteiger partial charge on any atom is 0.251 e. The average Bonchev–Trinajstić information content (AvgIpc) is 2.14. The lowest BCUT2D eigenvalue weighted by molar-refractivity contribution is 0.0910. The third kappa shape index (κ3) is 3.73. The molecule has 3 N–H and O–H groups in total. The van der Waals surface area contributed by atoms with Gasteiger partial charge in [-0.2, -0.15) is 0 Å². The van der Waals surface area contributed by atoms with E-state index in [1.165, 1.54) is 0 Å². The minimum atomic E-state index is -0.107. The molecule has 1 amide bonds. The van der Waals surface area contributed by atoms with Crippen LogP contribution in [0.15, 0.2) is 12.1 Å². The second-order valence-corrected chi connectivity index (χ2v) is 5.48. The molecule has 1 heterocycles. The van der Waals surface area contributed by atoms with E-state index in [9.17, 15) is 4.79 Å². The Kier molecular flexibility index (Phi) is 3.76. The maximum atomic E-state index is 12.0. The Morgan fingerprint density at radius 1 is 1.41 bits per heavy atom. The van der Waals surface area contributed by atoms with Gasteiger partial charge in [0.15, 0.2) is 0 Å². The second-order valence-electron chi connectivity index (χ2n) is 5.48. The Hall–Kier alpha value is -1.58. The van der Waals surface area contributed by atoms with Crippen molar-refractivity contribution in [3.63, 3.8) is 0 Å². The molecule has 0 aliphatic rings. The van der Waals surface area contributed by atoms with Gasteiger partial charge in [-0.25, -0.2) is 4.98 Å². The fourth-order valence-electron chi connectivity index (χ4n) is 1.32. The van der Waals surface area contributed by atoms with E-state index >= 15 is 0 Å². The molecular weight excluding hydrogens is 214 g/mol. The lowest BCUT2D eigenvalue weighted by atomic mass is 9.88. The van der Waals surface area contributed by atoms with Crippen molar-refractivity contribution in [3.8, 4) is 0 Å². The molecule has 4 nitrogen and oxygen atoms in total. The van der Waals surface area contributed by atoms with Crippen LogP contribution in [0.3, 0.4) is 0 Å². The topological polar surface area (TPSA) is 68.0 Å². The number of carbonyl (C=O) groups is 1. The summed E-state index contributed by atoms with van der Waals surface area (Å²) in [5.41, 5.74) is 6.96. The van der Waals surface area contributed by atoms with Gasteiger partial charge < -0.3 is 11.1 Å². The molecule has 4 heteroatoms. The number of hydrogen-bond donors (Lipinski definition) is 2. The van der Waals surface area contributed by atoms with Crippen LogP contribution in [0, 0.1) is 12.3 Å². The zero-order valence-electron chi connectivity index (χ0n) is 11.2. The summed E-state index contributed by atoms with van der Waals surface area (Å²) in [4.78, 5) is 16.1. The highest BCUT2D eigenvalue weighted by Crippen LogP contribution is 2.19. The Balaban J connectivity index is 2.84.